The van der Waals surface area contributed by atoms with E-state index < -0.39 is 5.97 Å². The lowest BCUT2D eigenvalue weighted by atomic mass is 10.0. The second-order valence-electron chi connectivity index (χ2n) is 11.1. The monoisotopic (exact) mass is 599 g/mol. The number of unbranched alkanes of at least 4 members (excludes halogenated alkanes) is 13. The first-order valence-corrected chi connectivity index (χ1v) is 17.2. The summed E-state index contributed by atoms with van der Waals surface area (Å²) < 4.78 is 12.1. The van der Waals surface area contributed by atoms with Crippen molar-refractivity contribution in [2.45, 2.75) is 124 Å². The van der Waals surface area contributed by atoms with E-state index in [1.165, 1.54) is 96.3 Å². The summed E-state index contributed by atoms with van der Waals surface area (Å²) in [6.45, 7) is 8.69. The Morgan fingerprint density at radius 2 is 1.50 bits per heavy atom. The SMILES string of the molecule is CCCCCCCCCCCCCCCC1=Nc2c(C(=O)OC)c(OC)nn2C1=Nc1ccc(N(CC)CCCC)s1. The maximum Gasteiger partial charge on any atom is 0.347 e. The van der Waals surface area contributed by atoms with Crippen molar-refractivity contribution in [2.75, 3.05) is 32.2 Å². The number of carbonyl (C=O) groups excluding carboxylic acids is 1. The Morgan fingerprint density at radius 1 is 0.881 bits per heavy atom. The highest BCUT2D eigenvalue weighted by molar-refractivity contribution is 7.19. The summed E-state index contributed by atoms with van der Waals surface area (Å²) in [5.41, 5.74) is 1.11. The Labute approximate surface area is 257 Å². The molecule has 2 aromatic rings. The first-order valence-electron chi connectivity index (χ1n) is 16.3. The number of esters is 1. The van der Waals surface area contributed by atoms with Gasteiger partial charge in [0.15, 0.2) is 17.2 Å². The number of hydrogen-bond donors (Lipinski definition) is 0. The molecule has 0 radical (unpaired) electrons. The molecule has 9 heteroatoms. The average Bonchev–Trinajstić information content (AvgIpc) is 3.70. The highest BCUT2D eigenvalue weighted by Gasteiger charge is 2.33. The molecule has 0 N–H and O–H groups in total. The van der Waals surface area contributed by atoms with E-state index in [-0.39, 0.29) is 11.4 Å². The van der Waals surface area contributed by atoms with Crippen LogP contribution in [-0.2, 0) is 4.74 Å². The van der Waals surface area contributed by atoms with Gasteiger partial charge < -0.3 is 14.4 Å². The van der Waals surface area contributed by atoms with Crippen LogP contribution in [-0.4, -0.2) is 54.6 Å². The molecule has 1 aliphatic heterocycles. The van der Waals surface area contributed by atoms with E-state index >= 15 is 0 Å². The predicted molar refractivity (Wildman–Crippen MR) is 177 cm³/mol. The molecule has 0 bridgehead atoms. The molecular formula is C33H53N5O3S. The Kier molecular flexibility index (Phi) is 15.1. The molecule has 42 heavy (non-hydrogen) atoms. The van der Waals surface area contributed by atoms with E-state index in [4.69, 9.17) is 19.5 Å². The van der Waals surface area contributed by atoms with Crippen LogP contribution in [0.4, 0.5) is 15.8 Å². The highest BCUT2D eigenvalue weighted by atomic mass is 32.1. The zero-order chi connectivity index (χ0) is 30.2. The summed E-state index contributed by atoms with van der Waals surface area (Å²) in [6.07, 6.45) is 20.2. The van der Waals surface area contributed by atoms with Crippen molar-refractivity contribution in [3.63, 3.8) is 0 Å². The number of ether oxygens (including phenoxy) is 2. The molecule has 0 fully saturated rings. The van der Waals surface area contributed by atoms with Crippen molar-refractivity contribution < 1.29 is 14.3 Å². The Bertz CT molecular complexity index is 1150. The van der Waals surface area contributed by atoms with Gasteiger partial charge in [0.25, 0.3) is 0 Å². The topological polar surface area (TPSA) is 81.3 Å². The molecule has 2 aromatic heterocycles. The Morgan fingerprint density at radius 3 is 2.07 bits per heavy atom. The summed E-state index contributed by atoms with van der Waals surface area (Å²) in [5.74, 6) is 0.808. The van der Waals surface area contributed by atoms with Crippen molar-refractivity contribution in [2.24, 2.45) is 9.98 Å². The van der Waals surface area contributed by atoms with Gasteiger partial charge in [0.05, 0.1) is 24.9 Å². The Hall–Kier alpha value is -2.68. The van der Waals surface area contributed by atoms with Crippen LogP contribution in [0.25, 0.3) is 0 Å². The third-order valence-electron chi connectivity index (χ3n) is 7.90. The lowest BCUT2D eigenvalue weighted by molar-refractivity contribution is 0.0598. The van der Waals surface area contributed by atoms with Crippen LogP contribution in [0.1, 0.15) is 134 Å². The minimum Gasteiger partial charge on any atom is -0.479 e. The maximum atomic E-state index is 12.6. The largest absolute Gasteiger partial charge is 0.479 e. The lowest BCUT2D eigenvalue weighted by Gasteiger charge is -2.20. The van der Waals surface area contributed by atoms with Gasteiger partial charge in [-0.2, -0.15) is 4.68 Å². The molecule has 3 rings (SSSR count). The predicted octanol–water partition coefficient (Wildman–Crippen LogP) is 9.51. The Balaban J connectivity index is 1.62. The molecule has 0 amide bonds. The average molecular weight is 600 g/mol. The number of thiophene rings is 1. The van der Waals surface area contributed by atoms with Crippen LogP contribution in [0.5, 0.6) is 5.88 Å². The van der Waals surface area contributed by atoms with E-state index in [0.717, 1.165) is 49.5 Å². The van der Waals surface area contributed by atoms with Crippen LogP contribution >= 0.6 is 11.3 Å². The number of methoxy groups -OCH3 is 2. The third-order valence-corrected chi connectivity index (χ3v) is 8.94. The zero-order valence-corrected chi connectivity index (χ0v) is 27.6. The van der Waals surface area contributed by atoms with Gasteiger partial charge in [-0.05, 0) is 38.3 Å². The van der Waals surface area contributed by atoms with Crippen molar-refractivity contribution in [3.05, 3.63) is 17.7 Å². The van der Waals surface area contributed by atoms with E-state index in [2.05, 4.69) is 42.9 Å². The molecule has 0 atom stereocenters. The first-order chi connectivity index (χ1) is 20.6. The van der Waals surface area contributed by atoms with Crippen LogP contribution < -0.4 is 9.64 Å². The molecule has 8 nitrogen and oxygen atoms in total. The number of rotatable bonds is 22. The minimum absolute atomic E-state index is 0.205. The number of fused-ring (bicyclic) bond motifs is 1. The van der Waals surface area contributed by atoms with E-state index in [1.807, 2.05) is 0 Å². The summed E-state index contributed by atoms with van der Waals surface area (Å²) in [6, 6.07) is 4.20. The van der Waals surface area contributed by atoms with Crippen molar-refractivity contribution in [3.8, 4) is 5.88 Å². The fraction of sp³-hybridized carbons (Fsp3) is 0.697. The van der Waals surface area contributed by atoms with E-state index in [0.29, 0.717) is 11.7 Å². The lowest BCUT2D eigenvalue weighted by Crippen LogP contribution is -2.22. The molecular weight excluding hydrogens is 546 g/mol. The van der Waals surface area contributed by atoms with Gasteiger partial charge >= 0.3 is 5.97 Å². The number of hydrogen-bond acceptors (Lipinski definition) is 8. The normalized spacial score (nSPS) is 13.5. The molecule has 3 heterocycles. The van der Waals surface area contributed by atoms with Crippen molar-refractivity contribution in [1.82, 2.24) is 9.78 Å². The van der Waals surface area contributed by atoms with Crippen LogP contribution in [0.2, 0.25) is 0 Å². The molecule has 0 unspecified atom stereocenters. The van der Waals surface area contributed by atoms with Gasteiger partial charge in [0.1, 0.15) is 5.00 Å². The van der Waals surface area contributed by atoms with Gasteiger partial charge in [-0.15, -0.1) is 5.10 Å². The molecule has 0 aliphatic carbocycles. The number of aliphatic imine (C=N–C) groups is 2. The number of carbonyl (C=O) groups is 1. The summed E-state index contributed by atoms with van der Waals surface area (Å²) in [4.78, 5) is 24.9. The third kappa shape index (κ3) is 9.68. The molecule has 0 aromatic carbocycles. The van der Waals surface area contributed by atoms with Gasteiger partial charge in [-0.1, -0.05) is 109 Å². The molecule has 0 saturated carbocycles. The summed E-state index contributed by atoms with van der Waals surface area (Å²) in [5, 5.41) is 6.67. The summed E-state index contributed by atoms with van der Waals surface area (Å²) in [7, 11) is 2.86. The maximum absolute atomic E-state index is 12.6. The minimum atomic E-state index is -0.508. The van der Waals surface area contributed by atoms with Crippen LogP contribution in [0, 0.1) is 0 Å². The van der Waals surface area contributed by atoms with Crippen LogP contribution in [0.3, 0.4) is 0 Å². The zero-order valence-electron chi connectivity index (χ0n) is 26.8. The van der Waals surface area contributed by atoms with E-state index in [9.17, 15) is 4.79 Å². The first kappa shape index (κ1) is 33.8. The molecule has 1 aliphatic rings. The summed E-state index contributed by atoms with van der Waals surface area (Å²) >= 11 is 1.67. The highest BCUT2D eigenvalue weighted by Crippen LogP contribution is 2.37. The molecule has 0 saturated heterocycles. The van der Waals surface area contributed by atoms with Gasteiger partial charge in [0, 0.05) is 13.1 Å². The fourth-order valence-corrected chi connectivity index (χ4v) is 6.35. The molecule has 234 valence electrons. The number of aromatic nitrogens is 2. The quantitative estimate of drug-likeness (QED) is 0.0994. The van der Waals surface area contributed by atoms with Crippen LogP contribution in [0.15, 0.2) is 22.1 Å². The second-order valence-corrected chi connectivity index (χ2v) is 12.2. The smallest absolute Gasteiger partial charge is 0.347 e. The second kappa shape index (κ2) is 18.8. The van der Waals surface area contributed by atoms with Gasteiger partial charge in [-0.3, -0.25) is 0 Å². The molecule has 0 spiro atoms. The number of anilines is 1. The van der Waals surface area contributed by atoms with Gasteiger partial charge in [-0.25, -0.2) is 14.8 Å². The van der Waals surface area contributed by atoms with Gasteiger partial charge in [0.2, 0.25) is 5.88 Å². The standard InChI is InChI=1S/C33H53N5O3S/c1-6-9-11-12-13-14-15-16-17-18-19-20-21-22-26-30(35-27-23-24-28(42-27)37(8-3)25-10-7-2)38-31(34-26)29(33(39)41-5)32(36-38)40-4/h23-24H,6-22,25H2,1-5H3. The van der Waals surface area contributed by atoms with Crippen molar-refractivity contribution in [1.29, 1.82) is 0 Å². The fourth-order valence-electron chi connectivity index (χ4n) is 5.38. The number of nitrogens with zero attached hydrogens (tertiary/aromatic N) is 5. The van der Waals surface area contributed by atoms with E-state index in [1.54, 1.807) is 16.0 Å². The van der Waals surface area contributed by atoms with Crippen molar-refractivity contribution >= 4 is 44.7 Å².